The first-order chi connectivity index (χ1) is 13.4. The average Bonchev–Trinajstić information content (AvgIpc) is 3.21. The lowest BCUT2D eigenvalue weighted by Gasteiger charge is -2.12. The zero-order valence-electron chi connectivity index (χ0n) is 14.3. The zero-order valence-corrected chi connectivity index (χ0v) is 15.9. The van der Waals surface area contributed by atoms with Crippen molar-refractivity contribution in [3.05, 3.63) is 92.3 Å². The Morgan fingerprint density at radius 2 is 1.96 bits per heavy atom. The topological polar surface area (TPSA) is 91.1 Å². The Morgan fingerprint density at radius 1 is 1.14 bits per heavy atom. The van der Waals surface area contributed by atoms with Crippen LogP contribution in [0.25, 0.3) is 6.08 Å². The molecule has 0 amide bonds. The molecule has 6 nitrogen and oxygen atoms in total. The minimum Gasteiger partial charge on any atom is -0.595 e. The molecule has 0 aliphatic heterocycles. The Hall–Kier alpha value is -2.81. The van der Waals surface area contributed by atoms with Crippen molar-refractivity contribution in [2.45, 2.75) is 0 Å². The predicted octanol–water partition coefficient (Wildman–Crippen LogP) is 3.92. The highest BCUT2D eigenvalue weighted by Crippen LogP contribution is 2.25. The van der Waals surface area contributed by atoms with E-state index in [9.17, 15) is 14.8 Å². The van der Waals surface area contributed by atoms with E-state index < -0.39 is 11.2 Å². The molecule has 0 bridgehead atoms. The minimum atomic E-state index is -1.16. The van der Waals surface area contributed by atoms with E-state index in [0.717, 1.165) is 4.88 Å². The van der Waals surface area contributed by atoms with E-state index in [1.165, 1.54) is 59.9 Å². The van der Waals surface area contributed by atoms with E-state index in [0.29, 0.717) is 5.02 Å². The highest BCUT2D eigenvalue weighted by Gasteiger charge is 2.17. The van der Waals surface area contributed by atoms with Crippen molar-refractivity contribution < 1.29 is 24.8 Å². The van der Waals surface area contributed by atoms with E-state index in [2.05, 4.69) is 0 Å². The summed E-state index contributed by atoms with van der Waals surface area (Å²) in [6.07, 6.45) is 3.04. The van der Waals surface area contributed by atoms with Crippen LogP contribution in [-0.4, -0.2) is 17.0 Å². The Morgan fingerprint density at radius 3 is 2.68 bits per heavy atom. The summed E-state index contributed by atoms with van der Waals surface area (Å²) in [6, 6.07) is 13.5. The number of ether oxygens (including phenoxy) is 1. The van der Waals surface area contributed by atoms with Crippen LogP contribution in [0.15, 0.2) is 66.1 Å². The van der Waals surface area contributed by atoms with Crippen molar-refractivity contribution in [1.29, 1.82) is 0 Å². The normalized spacial score (nSPS) is 12.1. The first-order valence-electron chi connectivity index (χ1n) is 8.05. The van der Waals surface area contributed by atoms with Crippen LogP contribution in [0.4, 0.5) is 5.69 Å². The number of benzene rings is 2. The largest absolute Gasteiger partial charge is 0.595 e. The quantitative estimate of drug-likeness (QED) is 0.209. The van der Waals surface area contributed by atoms with Crippen LogP contribution in [0.1, 0.15) is 25.6 Å². The second kappa shape index (κ2) is 8.92. The lowest BCUT2D eigenvalue weighted by molar-refractivity contribution is -0.991. The van der Waals surface area contributed by atoms with Crippen LogP contribution in [0.2, 0.25) is 5.02 Å². The summed E-state index contributed by atoms with van der Waals surface area (Å²) in [5.41, 5.74) is 0.145. The van der Waals surface area contributed by atoms with Crippen molar-refractivity contribution in [2.24, 2.45) is 0 Å². The molecule has 3 aromatic rings. The molecule has 1 unspecified atom stereocenters. The number of rotatable bonds is 6. The predicted molar refractivity (Wildman–Crippen MR) is 106 cm³/mol. The molecule has 142 valence electrons. The van der Waals surface area contributed by atoms with Crippen LogP contribution in [0.5, 0.6) is 5.75 Å². The number of nitrogens with one attached hydrogen (secondary N) is 1. The fraction of sp³-hybridized carbons (Fsp3) is 0. The maximum absolute atomic E-state index is 12.6. The van der Waals surface area contributed by atoms with Crippen LogP contribution < -0.4 is 9.96 Å². The third kappa shape index (κ3) is 4.92. The van der Waals surface area contributed by atoms with Gasteiger partial charge in [-0.3, -0.25) is 4.79 Å². The lowest BCUT2D eigenvalue weighted by atomic mass is 10.1. The fourth-order valence-corrected chi connectivity index (χ4v) is 3.15. The van der Waals surface area contributed by atoms with Gasteiger partial charge in [-0.1, -0.05) is 23.7 Å². The van der Waals surface area contributed by atoms with Gasteiger partial charge in [0.2, 0.25) is 0 Å². The van der Waals surface area contributed by atoms with Gasteiger partial charge in [-0.15, -0.1) is 11.3 Å². The number of carbonyl (C=O) groups excluding carboxylic acids is 2. The number of thiophene rings is 1. The van der Waals surface area contributed by atoms with Crippen molar-refractivity contribution in [2.75, 3.05) is 0 Å². The molecule has 3 rings (SSSR count). The molecule has 1 heterocycles. The molecule has 0 spiro atoms. The minimum absolute atomic E-state index is 0.0379. The summed E-state index contributed by atoms with van der Waals surface area (Å²) in [4.78, 5) is 25.9. The monoisotopic (exact) mass is 415 g/mol. The van der Waals surface area contributed by atoms with Crippen molar-refractivity contribution >= 4 is 46.5 Å². The molecule has 0 saturated heterocycles. The summed E-state index contributed by atoms with van der Waals surface area (Å²) in [5.74, 6) is -1.12. The molecule has 1 aromatic heterocycles. The molecular weight excluding hydrogens is 402 g/mol. The number of halogens is 1. The highest BCUT2D eigenvalue weighted by molar-refractivity contribution is 7.10. The molecule has 28 heavy (non-hydrogen) atoms. The summed E-state index contributed by atoms with van der Waals surface area (Å²) >= 11 is 7.47. The van der Waals surface area contributed by atoms with E-state index in [4.69, 9.17) is 21.5 Å². The smallest absolute Gasteiger partial charge is 0.343 e. The number of allylic oxidation sites excluding steroid dienone is 1. The number of esters is 1. The molecule has 1 atom stereocenters. The number of hydrogen-bond acceptors (Lipinski definition) is 6. The summed E-state index contributed by atoms with van der Waals surface area (Å²) in [6.45, 7) is 0. The number of hydrogen-bond donors (Lipinski definition) is 2. The maximum atomic E-state index is 12.6. The van der Waals surface area contributed by atoms with Gasteiger partial charge in [0.15, 0.2) is 11.5 Å². The van der Waals surface area contributed by atoms with E-state index in [1.807, 2.05) is 17.5 Å². The van der Waals surface area contributed by atoms with Gasteiger partial charge in [0.05, 0.1) is 11.1 Å². The zero-order chi connectivity index (χ0) is 20.1. The Kier molecular flexibility index (Phi) is 6.35. The van der Waals surface area contributed by atoms with Gasteiger partial charge in [-0.2, -0.15) is 5.23 Å². The lowest BCUT2D eigenvalue weighted by Crippen LogP contribution is -2.99. The third-order valence-corrected chi connectivity index (χ3v) is 4.77. The summed E-state index contributed by atoms with van der Waals surface area (Å²) < 4.78 is 5.34. The second-order valence-corrected chi connectivity index (χ2v) is 7.04. The number of quaternary nitrogens is 1. The highest BCUT2D eigenvalue weighted by atomic mass is 35.5. The second-order valence-electron chi connectivity index (χ2n) is 5.63. The van der Waals surface area contributed by atoms with Gasteiger partial charge in [-0.05, 0) is 47.9 Å². The van der Waals surface area contributed by atoms with Crippen molar-refractivity contribution in [1.82, 2.24) is 0 Å². The fourth-order valence-electron chi connectivity index (χ4n) is 2.36. The van der Waals surface area contributed by atoms with Crippen LogP contribution in [-0.2, 0) is 0 Å². The van der Waals surface area contributed by atoms with Crippen LogP contribution in [0.3, 0.4) is 0 Å². The average molecular weight is 416 g/mol. The first kappa shape index (κ1) is 19.9. The molecule has 0 saturated carbocycles. The maximum Gasteiger partial charge on any atom is 0.343 e. The van der Waals surface area contributed by atoms with E-state index >= 15 is 0 Å². The third-order valence-electron chi connectivity index (χ3n) is 3.70. The van der Waals surface area contributed by atoms with Crippen molar-refractivity contribution in [3.8, 4) is 5.75 Å². The molecule has 0 radical (unpaired) electrons. The Balaban J connectivity index is 1.85. The molecule has 0 aliphatic carbocycles. The first-order valence-corrected chi connectivity index (χ1v) is 9.31. The van der Waals surface area contributed by atoms with Gasteiger partial charge >= 0.3 is 5.97 Å². The molecule has 2 aromatic carbocycles. The number of carbonyl (C=O) groups is 2. The molecule has 8 heteroatoms. The SMILES string of the molecule is O=C(Oc1ccc(Cl)cc1C(=O)C=Cc1cccs1)c1cccc([NH+]([O-])O)c1. The van der Waals surface area contributed by atoms with E-state index in [1.54, 1.807) is 6.08 Å². The van der Waals surface area contributed by atoms with Gasteiger partial charge in [0, 0.05) is 22.0 Å². The molecule has 2 N–H and O–H groups in total. The molecular formula is C20H14ClNO5S. The Labute approximate surface area is 169 Å². The van der Waals surface area contributed by atoms with Gasteiger partial charge in [0.25, 0.3) is 0 Å². The summed E-state index contributed by atoms with van der Waals surface area (Å²) in [5, 5.41) is 21.2. The van der Waals surface area contributed by atoms with Gasteiger partial charge in [0.1, 0.15) is 5.75 Å². The van der Waals surface area contributed by atoms with Crippen LogP contribution in [0, 0.1) is 5.21 Å². The van der Waals surface area contributed by atoms with Gasteiger partial charge in [-0.25, -0.2) is 10.0 Å². The standard InChI is InChI=1S/C20H14ClNO5S/c21-14-6-9-19(17(12-14)18(23)8-7-16-5-2-10-28-16)27-20(24)13-3-1-4-15(11-13)22(25)26/h1-12,22,25H. The van der Waals surface area contributed by atoms with Crippen LogP contribution >= 0.6 is 22.9 Å². The van der Waals surface area contributed by atoms with Gasteiger partial charge < -0.3 is 9.94 Å². The molecule has 0 aliphatic rings. The summed E-state index contributed by atoms with van der Waals surface area (Å²) in [7, 11) is 0. The van der Waals surface area contributed by atoms with Crippen molar-refractivity contribution in [3.63, 3.8) is 0 Å². The molecule has 0 fully saturated rings. The Bertz CT molecular complexity index is 1030. The van der Waals surface area contributed by atoms with E-state index in [-0.39, 0.29) is 28.3 Å². The number of ketones is 1.